The van der Waals surface area contributed by atoms with Crippen molar-refractivity contribution < 1.29 is 29.0 Å². The van der Waals surface area contributed by atoms with Crippen molar-refractivity contribution in [3.8, 4) is 0 Å². The van der Waals surface area contributed by atoms with Crippen LogP contribution in [0.15, 0.2) is 30.3 Å². The van der Waals surface area contributed by atoms with Gasteiger partial charge in [0.05, 0.1) is 5.56 Å². The Morgan fingerprint density at radius 2 is 1.75 bits per heavy atom. The van der Waals surface area contributed by atoms with E-state index in [9.17, 15) is 4.79 Å². The fourth-order valence-corrected chi connectivity index (χ4v) is 0.658. The number of esters is 1. The molecule has 4 heteroatoms. The van der Waals surface area contributed by atoms with Crippen LogP contribution in [-0.4, -0.2) is 5.97 Å². The summed E-state index contributed by atoms with van der Waals surface area (Å²) >= 11 is 0. The molecule has 0 N–H and O–H groups in total. The minimum Gasteiger partial charge on any atom is -0.637 e. The molecule has 0 aliphatic carbocycles. The monoisotopic (exact) mass is 327 g/mol. The first kappa shape index (κ1) is 14.6. The van der Waals surface area contributed by atoms with Crippen molar-refractivity contribution in [2.75, 3.05) is 0 Å². The molecule has 1 aromatic carbocycles. The fourth-order valence-electron chi connectivity index (χ4n) is 0.658. The van der Waals surface area contributed by atoms with Gasteiger partial charge in [0, 0.05) is 19.5 Å². The van der Waals surface area contributed by atoms with E-state index >= 15 is 0 Å². The van der Waals surface area contributed by atoms with Gasteiger partial charge < -0.3 is 4.74 Å². The molecule has 0 aromatic heterocycles. The largest absolute Gasteiger partial charge is 0.637 e. The van der Waals surface area contributed by atoms with E-state index in [2.05, 4.69) is 11.8 Å². The molecule has 12 heavy (non-hydrogen) atoms. The maximum atomic E-state index is 10.7. The Morgan fingerprint density at radius 3 is 2.17 bits per heavy atom. The number of hydrogen-bond donors (Lipinski definition) is 0. The summed E-state index contributed by atoms with van der Waals surface area (Å²) in [7, 11) is 3.01. The molecule has 0 atom stereocenters. The summed E-state index contributed by atoms with van der Waals surface area (Å²) in [5, 5.41) is 0. The van der Waals surface area contributed by atoms with Gasteiger partial charge in [-0.2, -0.15) is 7.11 Å². The first-order valence-corrected chi connectivity index (χ1v) is 2.86. The molecule has 0 heterocycles. The number of benzene rings is 1. The van der Waals surface area contributed by atoms with E-state index in [1.54, 1.807) is 24.3 Å². The van der Waals surface area contributed by atoms with E-state index in [0.717, 1.165) is 0 Å². The smallest absolute Gasteiger partial charge is 0.306 e. The molecule has 2 nitrogen and oxygen atoms in total. The molecule has 0 radical (unpaired) electrons. The van der Waals surface area contributed by atoms with Crippen LogP contribution in [0.5, 0.6) is 0 Å². The van der Waals surface area contributed by atoms with Crippen LogP contribution in [0.2, 0.25) is 0 Å². The van der Waals surface area contributed by atoms with Crippen LogP contribution >= 0.6 is 24.0 Å². The molecule has 0 fully saturated rings. The van der Waals surface area contributed by atoms with E-state index in [4.69, 9.17) is 0 Å². The van der Waals surface area contributed by atoms with Crippen molar-refractivity contribution in [3.63, 3.8) is 0 Å². The minimum absolute atomic E-state index is 0. The topological polar surface area (TPSA) is 26.3 Å². The van der Waals surface area contributed by atoms with Gasteiger partial charge in [0.15, 0.2) is 0 Å². The van der Waals surface area contributed by atoms with E-state index in [1.807, 2.05) is 6.07 Å². The van der Waals surface area contributed by atoms with Gasteiger partial charge in [-0.3, -0.25) is 0 Å². The quantitative estimate of drug-likeness (QED) is 0.342. The Hall–Kier alpha value is 0.0434. The molecule has 1 rings (SSSR count). The first-order valence-electron chi connectivity index (χ1n) is 2.86. The Morgan fingerprint density at radius 1 is 1.25 bits per heavy atom. The maximum Gasteiger partial charge on any atom is 0.306 e. The second-order valence-electron chi connectivity index (χ2n) is 1.80. The Labute approximate surface area is 101 Å². The normalized spacial score (nSPS) is 7.42. The predicted octanol–water partition coefficient (Wildman–Crippen LogP) is 2.25. The Bertz CT molecular complexity index is 226. The van der Waals surface area contributed by atoms with Crippen LogP contribution in [0, 0.1) is 7.11 Å². The van der Waals surface area contributed by atoms with Gasteiger partial charge >= 0.3 is 5.97 Å². The standard InChI is InChI=1S/C8H7O2.HI.Zn/c1-10-8(9)7-5-3-2-4-6-7;;/h2-6H,1H2;1H;/q-1;;. The number of rotatable bonds is 1. The van der Waals surface area contributed by atoms with Crippen LogP contribution < -0.4 is 0 Å². The molecule has 0 amide bonds. The average molecular weight is 328 g/mol. The minimum atomic E-state index is -0.402. The number of halogens is 1. The van der Waals surface area contributed by atoms with Crippen molar-refractivity contribution >= 4 is 29.9 Å². The average Bonchev–Trinajstić information content (AvgIpc) is 2.05. The van der Waals surface area contributed by atoms with Crippen molar-refractivity contribution in [1.29, 1.82) is 0 Å². The van der Waals surface area contributed by atoms with E-state index in [0.29, 0.717) is 5.56 Å². The molecule has 0 saturated heterocycles. The van der Waals surface area contributed by atoms with Gasteiger partial charge in [-0.05, 0) is 12.1 Å². The summed E-state index contributed by atoms with van der Waals surface area (Å²) in [6.45, 7) is 0. The number of hydrogen-bond acceptors (Lipinski definition) is 2. The first-order chi connectivity index (χ1) is 4.84. The molecule has 0 aliphatic heterocycles. The van der Waals surface area contributed by atoms with Gasteiger partial charge in [-0.25, -0.2) is 4.79 Å². The van der Waals surface area contributed by atoms with Crippen LogP contribution in [-0.2, 0) is 24.2 Å². The molecule has 1 aromatic rings. The summed E-state index contributed by atoms with van der Waals surface area (Å²) in [6.07, 6.45) is 0. The zero-order valence-electron chi connectivity index (χ0n) is 6.53. The van der Waals surface area contributed by atoms with Crippen molar-refractivity contribution in [2.24, 2.45) is 0 Å². The van der Waals surface area contributed by atoms with Crippen LogP contribution in [0.1, 0.15) is 10.4 Å². The number of ether oxygens (including phenoxy) is 1. The van der Waals surface area contributed by atoms with Gasteiger partial charge in [-0.15, -0.1) is 24.0 Å². The summed E-state index contributed by atoms with van der Waals surface area (Å²) in [5.41, 5.74) is 0.525. The molecule has 0 saturated carbocycles. The third-order valence-corrected chi connectivity index (χ3v) is 1.14. The maximum absolute atomic E-state index is 10.7. The van der Waals surface area contributed by atoms with Crippen molar-refractivity contribution in [3.05, 3.63) is 43.0 Å². The fraction of sp³-hybridized carbons (Fsp3) is 0. The second-order valence-corrected chi connectivity index (χ2v) is 1.80. The summed E-state index contributed by atoms with van der Waals surface area (Å²) in [5.74, 6) is -0.402. The Balaban J connectivity index is 0. The van der Waals surface area contributed by atoms with Crippen molar-refractivity contribution in [1.82, 2.24) is 0 Å². The van der Waals surface area contributed by atoms with E-state index in [-0.39, 0.29) is 43.5 Å². The second kappa shape index (κ2) is 7.68. The van der Waals surface area contributed by atoms with Crippen LogP contribution in [0.4, 0.5) is 0 Å². The SMILES string of the molecule is I.[CH2-]OC(=O)c1ccccc1.[Zn]. The third-order valence-electron chi connectivity index (χ3n) is 1.14. The molecular formula is C8H8IO2Zn-. The van der Waals surface area contributed by atoms with E-state index < -0.39 is 5.97 Å². The molecule has 0 aliphatic rings. The zero-order chi connectivity index (χ0) is 7.40. The van der Waals surface area contributed by atoms with Crippen molar-refractivity contribution in [2.45, 2.75) is 0 Å². The zero-order valence-corrected chi connectivity index (χ0v) is 11.8. The van der Waals surface area contributed by atoms with Crippen LogP contribution in [0.25, 0.3) is 0 Å². The summed E-state index contributed by atoms with van der Waals surface area (Å²) in [6, 6.07) is 8.72. The number of carbonyl (C=O) groups is 1. The molecule has 0 unspecified atom stereocenters. The number of carbonyl (C=O) groups excluding carboxylic acids is 1. The van der Waals surface area contributed by atoms with Gasteiger partial charge in [0.25, 0.3) is 0 Å². The molecular weight excluding hydrogens is 320 g/mol. The molecule has 0 bridgehead atoms. The van der Waals surface area contributed by atoms with Gasteiger partial charge in [0.1, 0.15) is 0 Å². The van der Waals surface area contributed by atoms with Crippen LogP contribution in [0.3, 0.4) is 0 Å². The molecule has 62 valence electrons. The Kier molecular flexibility index (Phi) is 9.32. The summed E-state index contributed by atoms with van der Waals surface area (Å²) in [4.78, 5) is 10.7. The van der Waals surface area contributed by atoms with Gasteiger partial charge in [-0.1, -0.05) is 18.2 Å². The summed E-state index contributed by atoms with van der Waals surface area (Å²) < 4.78 is 4.25. The third kappa shape index (κ3) is 4.16. The van der Waals surface area contributed by atoms with E-state index in [1.165, 1.54) is 0 Å². The molecule has 0 spiro atoms. The van der Waals surface area contributed by atoms with Gasteiger partial charge in [0.2, 0.25) is 0 Å². The predicted molar refractivity (Wildman–Crippen MR) is 52.6 cm³/mol.